The Hall–Kier alpha value is -0.670. The Kier molecular flexibility index (Phi) is 4.33. The zero-order chi connectivity index (χ0) is 15.1. The van der Waals surface area contributed by atoms with Gasteiger partial charge in [-0.3, -0.25) is 0 Å². The van der Waals surface area contributed by atoms with Gasteiger partial charge in [0.05, 0.1) is 6.26 Å². The molecule has 0 aliphatic rings. The molecule has 0 N–H and O–H groups in total. The molecule has 0 bridgehead atoms. The topological polar surface area (TPSA) is 43.4 Å². The Morgan fingerprint density at radius 2 is 1.74 bits per heavy atom. The first-order chi connectivity index (χ1) is 8.35. The standard InChI is InChI=1S/C10H9BrF4O3S/c1-9(10(13,14)15,18-19(2,16)17)6-3-7(11)5-8(12)4-6/h3-5H,1-2H3. The van der Waals surface area contributed by atoms with E-state index < -0.39 is 33.3 Å². The van der Waals surface area contributed by atoms with Gasteiger partial charge in [-0.15, -0.1) is 0 Å². The molecule has 0 saturated heterocycles. The Morgan fingerprint density at radius 3 is 2.11 bits per heavy atom. The van der Waals surface area contributed by atoms with Crippen molar-refractivity contribution in [1.29, 1.82) is 0 Å². The highest BCUT2D eigenvalue weighted by Crippen LogP contribution is 2.43. The summed E-state index contributed by atoms with van der Waals surface area (Å²) in [5.74, 6) is -0.947. The van der Waals surface area contributed by atoms with E-state index in [9.17, 15) is 26.0 Å². The van der Waals surface area contributed by atoms with Gasteiger partial charge in [-0.2, -0.15) is 21.6 Å². The molecule has 1 aromatic carbocycles. The van der Waals surface area contributed by atoms with E-state index >= 15 is 0 Å². The summed E-state index contributed by atoms with van der Waals surface area (Å²) in [4.78, 5) is 0. The SMILES string of the molecule is CC(OS(C)(=O)=O)(c1cc(F)cc(Br)c1)C(F)(F)F. The first-order valence-corrected chi connectivity index (χ1v) is 7.40. The first kappa shape index (κ1) is 16.4. The van der Waals surface area contributed by atoms with E-state index in [1.165, 1.54) is 0 Å². The molecule has 0 radical (unpaired) electrons. The summed E-state index contributed by atoms with van der Waals surface area (Å²) in [6.07, 6.45) is -4.55. The van der Waals surface area contributed by atoms with Crippen molar-refractivity contribution in [3.63, 3.8) is 0 Å². The maximum absolute atomic E-state index is 13.2. The highest BCUT2D eigenvalue weighted by Gasteiger charge is 2.56. The quantitative estimate of drug-likeness (QED) is 0.610. The van der Waals surface area contributed by atoms with Gasteiger partial charge in [0, 0.05) is 4.47 Å². The van der Waals surface area contributed by atoms with Crippen molar-refractivity contribution < 1.29 is 30.2 Å². The van der Waals surface area contributed by atoms with E-state index in [1.807, 2.05) is 0 Å². The second-order valence-electron chi connectivity index (χ2n) is 3.98. The summed E-state index contributed by atoms with van der Waals surface area (Å²) in [5, 5.41) is 0. The molecule has 0 spiro atoms. The summed E-state index contributed by atoms with van der Waals surface area (Å²) in [6.45, 7) is 0.523. The Morgan fingerprint density at radius 1 is 1.21 bits per heavy atom. The highest BCUT2D eigenvalue weighted by atomic mass is 79.9. The second-order valence-corrected chi connectivity index (χ2v) is 6.47. The van der Waals surface area contributed by atoms with Crippen LogP contribution in [0.2, 0.25) is 0 Å². The van der Waals surface area contributed by atoms with E-state index in [2.05, 4.69) is 20.1 Å². The van der Waals surface area contributed by atoms with Crippen molar-refractivity contribution in [2.75, 3.05) is 6.26 Å². The third kappa shape index (κ3) is 3.90. The number of halogens is 5. The molecule has 1 unspecified atom stereocenters. The molecule has 0 fully saturated rings. The number of benzene rings is 1. The van der Waals surface area contributed by atoms with Crippen LogP contribution in [0.5, 0.6) is 0 Å². The lowest BCUT2D eigenvalue weighted by Crippen LogP contribution is -2.43. The molecule has 0 aliphatic carbocycles. The lowest BCUT2D eigenvalue weighted by atomic mass is 9.95. The predicted molar refractivity (Wildman–Crippen MR) is 63.4 cm³/mol. The molecular formula is C10H9BrF4O3S. The van der Waals surface area contributed by atoms with Crippen molar-refractivity contribution in [3.8, 4) is 0 Å². The van der Waals surface area contributed by atoms with Crippen molar-refractivity contribution in [1.82, 2.24) is 0 Å². The van der Waals surface area contributed by atoms with Crippen molar-refractivity contribution in [3.05, 3.63) is 34.1 Å². The zero-order valence-electron chi connectivity index (χ0n) is 9.75. The van der Waals surface area contributed by atoms with Crippen LogP contribution in [0.1, 0.15) is 12.5 Å². The first-order valence-electron chi connectivity index (χ1n) is 4.79. The van der Waals surface area contributed by atoms with E-state index in [-0.39, 0.29) is 4.47 Å². The van der Waals surface area contributed by atoms with Crippen LogP contribution in [0, 0.1) is 5.82 Å². The fourth-order valence-corrected chi connectivity index (χ4v) is 2.65. The van der Waals surface area contributed by atoms with E-state index in [0.717, 1.165) is 12.1 Å². The minimum absolute atomic E-state index is 0.0371. The summed E-state index contributed by atoms with van der Waals surface area (Å²) in [5.41, 5.74) is -3.82. The molecule has 1 aromatic rings. The van der Waals surface area contributed by atoms with Gasteiger partial charge in [-0.05, 0) is 30.7 Å². The van der Waals surface area contributed by atoms with Crippen molar-refractivity contribution >= 4 is 26.0 Å². The summed E-state index contributed by atoms with van der Waals surface area (Å²) >= 11 is 2.84. The lowest BCUT2D eigenvalue weighted by Gasteiger charge is -2.31. The van der Waals surface area contributed by atoms with E-state index in [4.69, 9.17) is 0 Å². The molecule has 0 heterocycles. The van der Waals surface area contributed by atoms with Crippen LogP contribution >= 0.6 is 15.9 Å². The van der Waals surface area contributed by atoms with Crippen molar-refractivity contribution in [2.24, 2.45) is 0 Å². The maximum atomic E-state index is 13.2. The van der Waals surface area contributed by atoms with Crippen LogP contribution in [-0.2, 0) is 19.9 Å². The van der Waals surface area contributed by atoms with Crippen LogP contribution in [0.4, 0.5) is 17.6 Å². The van der Waals surface area contributed by atoms with Gasteiger partial charge in [0.1, 0.15) is 5.82 Å². The average Bonchev–Trinajstić information content (AvgIpc) is 2.11. The summed E-state index contributed by atoms with van der Waals surface area (Å²) in [7, 11) is -4.40. The molecule has 108 valence electrons. The zero-order valence-corrected chi connectivity index (χ0v) is 12.2. The molecule has 1 atom stereocenters. The van der Waals surface area contributed by atoms with Crippen LogP contribution in [0.15, 0.2) is 22.7 Å². The minimum Gasteiger partial charge on any atom is -0.249 e. The smallest absolute Gasteiger partial charge is 0.249 e. The average molecular weight is 365 g/mol. The third-order valence-corrected chi connectivity index (χ3v) is 3.37. The van der Waals surface area contributed by atoms with E-state index in [1.54, 1.807) is 0 Å². The molecule has 1 rings (SSSR count). The number of alkyl halides is 3. The number of rotatable bonds is 3. The lowest BCUT2D eigenvalue weighted by molar-refractivity contribution is -0.246. The number of hydrogen-bond donors (Lipinski definition) is 0. The van der Waals surface area contributed by atoms with Gasteiger partial charge in [-0.1, -0.05) is 15.9 Å². The van der Waals surface area contributed by atoms with Crippen LogP contribution in [0.3, 0.4) is 0 Å². The van der Waals surface area contributed by atoms with Gasteiger partial charge in [0.25, 0.3) is 10.1 Å². The molecule has 0 amide bonds. The molecule has 9 heteroatoms. The fraction of sp³-hybridized carbons (Fsp3) is 0.400. The summed E-state index contributed by atoms with van der Waals surface area (Å²) < 4.78 is 78.5. The largest absolute Gasteiger partial charge is 0.422 e. The van der Waals surface area contributed by atoms with Crippen LogP contribution in [-0.4, -0.2) is 20.8 Å². The summed E-state index contributed by atoms with van der Waals surface area (Å²) in [6, 6.07) is 2.46. The van der Waals surface area contributed by atoms with Gasteiger partial charge in [0.2, 0.25) is 5.60 Å². The molecule has 0 aromatic heterocycles. The van der Waals surface area contributed by atoms with Crippen LogP contribution < -0.4 is 0 Å². The maximum Gasteiger partial charge on any atom is 0.422 e. The monoisotopic (exact) mass is 364 g/mol. The minimum atomic E-state index is -5.04. The van der Waals surface area contributed by atoms with Gasteiger partial charge in [-0.25, -0.2) is 8.57 Å². The predicted octanol–water partition coefficient (Wildman–Crippen LogP) is 3.34. The third-order valence-electron chi connectivity index (χ3n) is 2.27. The molecular weight excluding hydrogens is 356 g/mol. The van der Waals surface area contributed by atoms with Crippen LogP contribution in [0.25, 0.3) is 0 Å². The number of hydrogen-bond acceptors (Lipinski definition) is 3. The molecule has 0 aliphatic heterocycles. The van der Waals surface area contributed by atoms with Gasteiger partial charge < -0.3 is 0 Å². The molecule has 3 nitrogen and oxygen atoms in total. The van der Waals surface area contributed by atoms with Gasteiger partial charge in [0.15, 0.2) is 0 Å². The Balaban J connectivity index is 3.48. The molecule has 0 saturated carbocycles. The van der Waals surface area contributed by atoms with Gasteiger partial charge >= 0.3 is 6.18 Å². The highest BCUT2D eigenvalue weighted by molar-refractivity contribution is 9.10. The normalized spacial score (nSPS) is 16.2. The Bertz CT molecular complexity index is 565. The fourth-order valence-electron chi connectivity index (χ4n) is 1.39. The molecule has 19 heavy (non-hydrogen) atoms. The van der Waals surface area contributed by atoms with Crippen molar-refractivity contribution in [2.45, 2.75) is 18.7 Å². The Labute approximate surface area is 115 Å². The van der Waals surface area contributed by atoms with E-state index in [0.29, 0.717) is 19.2 Å². The second kappa shape index (κ2) is 5.02.